The molecule has 98 valence electrons. The molecule has 0 unspecified atom stereocenters. The van der Waals surface area contributed by atoms with Crippen molar-refractivity contribution in [3.63, 3.8) is 0 Å². The summed E-state index contributed by atoms with van der Waals surface area (Å²) in [5, 5.41) is 5.56. The fraction of sp³-hybridized carbons (Fsp3) is 0.909. The van der Waals surface area contributed by atoms with Crippen LogP contribution < -0.4 is 10.6 Å². The van der Waals surface area contributed by atoms with Gasteiger partial charge in [0.2, 0.25) is 5.91 Å². The maximum Gasteiger partial charge on any atom is 0.237 e. The lowest BCUT2D eigenvalue weighted by molar-refractivity contribution is -0.123. The second kappa shape index (κ2) is 5.35. The third-order valence-corrected chi connectivity index (χ3v) is 5.87. The molecule has 2 heterocycles. The van der Waals surface area contributed by atoms with E-state index >= 15 is 0 Å². The monoisotopic (exact) mass is 260 g/mol. The standard InChI is InChI=1S/C11H20N2O3S/c14-11(10-5-1-2-6-12-10)13-8-9-4-3-7-17(9,15)16/h9-10,12H,1-8H2,(H,13,14)/t9-,10-/m0/s1. The van der Waals surface area contributed by atoms with Crippen LogP contribution in [0.15, 0.2) is 0 Å². The summed E-state index contributed by atoms with van der Waals surface area (Å²) in [5.41, 5.74) is 0. The molecule has 2 saturated heterocycles. The molecule has 0 radical (unpaired) electrons. The van der Waals surface area contributed by atoms with Gasteiger partial charge in [-0.15, -0.1) is 0 Å². The Morgan fingerprint density at radius 3 is 2.65 bits per heavy atom. The average molecular weight is 260 g/mol. The van der Waals surface area contributed by atoms with Gasteiger partial charge in [0.1, 0.15) is 0 Å². The SMILES string of the molecule is O=C(NC[C@@H]1CCCS1(=O)=O)[C@@H]1CCCCN1. The van der Waals surface area contributed by atoms with Crippen molar-refractivity contribution >= 4 is 15.7 Å². The molecule has 0 saturated carbocycles. The minimum absolute atomic E-state index is 0.0493. The van der Waals surface area contributed by atoms with Gasteiger partial charge in [-0.25, -0.2) is 8.42 Å². The van der Waals surface area contributed by atoms with Gasteiger partial charge in [0.05, 0.1) is 17.0 Å². The van der Waals surface area contributed by atoms with E-state index in [4.69, 9.17) is 0 Å². The van der Waals surface area contributed by atoms with E-state index in [1.807, 2.05) is 0 Å². The molecule has 0 aromatic rings. The normalized spacial score (nSPS) is 32.2. The van der Waals surface area contributed by atoms with Crippen LogP contribution in [0.25, 0.3) is 0 Å². The summed E-state index contributed by atoms with van der Waals surface area (Å²) in [5.74, 6) is 0.224. The van der Waals surface area contributed by atoms with E-state index in [2.05, 4.69) is 10.6 Å². The maximum absolute atomic E-state index is 11.8. The molecule has 2 N–H and O–H groups in total. The van der Waals surface area contributed by atoms with E-state index in [1.54, 1.807) is 0 Å². The molecule has 0 spiro atoms. The van der Waals surface area contributed by atoms with Crippen LogP contribution in [0.4, 0.5) is 0 Å². The van der Waals surface area contributed by atoms with E-state index in [9.17, 15) is 13.2 Å². The predicted molar refractivity (Wildman–Crippen MR) is 65.5 cm³/mol. The molecule has 6 heteroatoms. The van der Waals surface area contributed by atoms with Crippen molar-refractivity contribution < 1.29 is 13.2 Å². The molecule has 17 heavy (non-hydrogen) atoms. The third-order valence-electron chi connectivity index (χ3n) is 3.59. The number of piperidine rings is 1. The van der Waals surface area contributed by atoms with Crippen LogP contribution in [-0.2, 0) is 14.6 Å². The highest BCUT2D eigenvalue weighted by atomic mass is 32.2. The molecule has 1 amide bonds. The van der Waals surface area contributed by atoms with Gasteiger partial charge >= 0.3 is 0 Å². The summed E-state index contributed by atoms with van der Waals surface area (Å²) < 4.78 is 23.2. The van der Waals surface area contributed by atoms with Crippen molar-refractivity contribution in [2.45, 2.75) is 43.4 Å². The first-order chi connectivity index (χ1) is 8.09. The first-order valence-electron chi connectivity index (χ1n) is 6.32. The van der Waals surface area contributed by atoms with E-state index in [-0.39, 0.29) is 29.5 Å². The highest BCUT2D eigenvalue weighted by molar-refractivity contribution is 7.92. The molecular weight excluding hydrogens is 240 g/mol. The molecule has 2 atom stereocenters. The van der Waals surface area contributed by atoms with Crippen molar-refractivity contribution in [3.8, 4) is 0 Å². The number of hydrogen-bond donors (Lipinski definition) is 2. The topological polar surface area (TPSA) is 75.3 Å². The summed E-state index contributed by atoms with van der Waals surface area (Å²) in [7, 11) is -2.95. The van der Waals surface area contributed by atoms with Crippen LogP contribution >= 0.6 is 0 Å². The summed E-state index contributed by atoms with van der Waals surface area (Å²) in [6.45, 7) is 1.15. The second-order valence-corrected chi connectivity index (χ2v) is 7.28. The van der Waals surface area contributed by atoms with E-state index in [0.717, 1.165) is 32.2 Å². The van der Waals surface area contributed by atoms with Crippen LogP contribution in [0.5, 0.6) is 0 Å². The lowest BCUT2D eigenvalue weighted by Crippen LogP contribution is -2.48. The molecule has 2 aliphatic rings. The van der Waals surface area contributed by atoms with Gasteiger partial charge in [-0.05, 0) is 32.2 Å². The Hall–Kier alpha value is -0.620. The Bertz CT molecular complexity index is 374. The van der Waals surface area contributed by atoms with E-state index in [1.165, 1.54) is 0 Å². The Morgan fingerprint density at radius 2 is 2.06 bits per heavy atom. The van der Waals surface area contributed by atoms with Crippen LogP contribution in [0, 0.1) is 0 Å². The van der Waals surface area contributed by atoms with Crippen molar-refractivity contribution in [1.82, 2.24) is 10.6 Å². The minimum Gasteiger partial charge on any atom is -0.353 e. The number of rotatable bonds is 3. The molecular formula is C11H20N2O3S. The predicted octanol–water partition coefficient (Wildman–Crippen LogP) is -0.178. The fourth-order valence-corrected chi connectivity index (χ4v) is 4.27. The molecule has 2 aliphatic heterocycles. The highest BCUT2D eigenvalue weighted by Gasteiger charge is 2.32. The molecule has 0 bridgehead atoms. The number of amides is 1. The quantitative estimate of drug-likeness (QED) is 0.738. The van der Waals surface area contributed by atoms with Crippen LogP contribution in [0.2, 0.25) is 0 Å². The number of nitrogens with one attached hydrogen (secondary N) is 2. The summed E-state index contributed by atoms with van der Waals surface area (Å²) in [6, 6.07) is -0.132. The Morgan fingerprint density at radius 1 is 1.24 bits per heavy atom. The summed E-state index contributed by atoms with van der Waals surface area (Å²) >= 11 is 0. The van der Waals surface area contributed by atoms with Gasteiger partial charge in [-0.2, -0.15) is 0 Å². The number of carbonyl (C=O) groups is 1. The van der Waals surface area contributed by atoms with Crippen molar-refractivity contribution in [3.05, 3.63) is 0 Å². The lowest BCUT2D eigenvalue weighted by atomic mass is 10.0. The third kappa shape index (κ3) is 3.19. The molecule has 2 rings (SSSR count). The zero-order chi connectivity index (χ0) is 12.3. The summed E-state index contributed by atoms with van der Waals surface area (Å²) in [6.07, 6.45) is 4.43. The van der Waals surface area contributed by atoms with Crippen LogP contribution in [0.3, 0.4) is 0 Å². The molecule has 2 fully saturated rings. The largest absolute Gasteiger partial charge is 0.353 e. The van der Waals surface area contributed by atoms with Crippen molar-refractivity contribution in [2.75, 3.05) is 18.8 Å². The molecule has 0 aromatic carbocycles. The van der Waals surface area contributed by atoms with Crippen molar-refractivity contribution in [1.29, 1.82) is 0 Å². The van der Waals surface area contributed by atoms with Crippen LogP contribution in [0.1, 0.15) is 32.1 Å². The number of sulfone groups is 1. The van der Waals surface area contributed by atoms with Gasteiger partial charge in [-0.3, -0.25) is 4.79 Å². The van der Waals surface area contributed by atoms with Gasteiger partial charge in [0.25, 0.3) is 0 Å². The molecule has 0 aliphatic carbocycles. The first kappa shape index (κ1) is 12.8. The lowest BCUT2D eigenvalue weighted by Gasteiger charge is -2.23. The summed E-state index contributed by atoms with van der Waals surface area (Å²) in [4.78, 5) is 11.8. The minimum atomic E-state index is -2.95. The number of hydrogen-bond acceptors (Lipinski definition) is 4. The highest BCUT2D eigenvalue weighted by Crippen LogP contribution is 2.19. The zero-order valence-electron chi connectivity index (χ0n) is 9.94. The average Bonchev–Trinajstić information content (AvgIpc) is 2.66. The Balaban J connectivity index is 1.79. The van der Waals surface area contributed by atoms with Gasteiger partial charge in [-0.1, -0.05) is 6.42 Å². The smallest absolute Gasteiger partial charge is 0.237 e. The molecule has 5 nitrogen and oxygen atoms in total. The van der Waals surface area contributed by atoms with Gasteiger partial charge in [0, 0.05) is 6.54 Å². The fourth-order valence-electron chi connectivity index (χ4n) is 2.50. The second-order valence-electron chi connectivity index (χ2n) is 4.88. The van der Waals surface area contributed by atoms with Gasteiger partial charge in [0.15, 0.2) is 9.84 Å². The van der Waals surface area contributed by atoms with E-state index in [0.29, 0.717) is 6.42 Å². The Labute approximate surface area is 102 Å². The van der Waals surface area contributed by atoms with Crippen LogP contribution in [-0.4, -0.2) is 44.5 Å². The molecule has 0 aromatic heterocycles. The van der Waals surface area contributed by atoms with Gasteiger partial charge < -0.3 is 10.6 Å². The first-order valence-corrected chi connectivity index (χ1v) is 8.04. The maximum atomic E-state index is 11.8. The Kier molecular flexibility index (Phi) is 4.04. The number of carbonyl (C=O) groups excluding carboxylic acids is 1. The van der Waals surface area contributed by atoms with E-state index < -0.39 is 9.84 Å². The zero-order valence-corrected chi connectivity index (χ0v) is 10.8. The van der Waals surface area contributed by atoms with Crippen molar-refractivity contribution in [2.24, 2.45) is 0 Å².